The number of carbonyl (C=O) groups is 4. The summed E-state index contributed by atoms with van der Waals surface area (Å²) in [5.74, 6) is -2.16. The number of esters is 1. The van der Waals surface area contributed by atoms with E-state index >= 15 is 0 Å². The number of tetrazole rings is 1. The van der Waals surface area contributed by atoms with Crippen LogP contribution in [0.2, 0.25) is 0 Å². The largest absolute Gasteiger partial charge is 0.467 e. The minimum absolute atomic E-state index is 0.00775. The number of aromatic nitrogens is 4. The molecule has 0 radical (unpaired) electrons. The van der Waals surface area contributed by atoms with Crippen molar-refractivity contribution in [3.8, 4) is 0 Å². The molecule has 146 valence electrons. The number of fused-ring (bicyclic) bond motifs is 1. The first-order valence-electron chi connectivity index (χ1n) is 8.47. The number of hydrogen-bond acceptors (Lipinski definition) is 8. The van der Waals surface area contributed by atoms with Crippen LogP contribution < -0.4 is 5.32 Å². The number of aromatic amines is 1. The lowest BCUT2D eigenvalue weighted by atomic mass is 9.92. The third-order valence-corrected chi connectivity index (χ3v) is 4.46. The summed E-state index contributed by atoms with van der Waals surface area (Å²) < 4.78 is 4.83. The Bertz CT molecular complexity index is 893. The second kappa shape index (κ2) is 7.55. The summed E-state index contributed by atoms with van der Waals surface area (Å²) in [5, 5.41) is 15.8. The smallest absolute Gasteiger partial charge is 0.339 e. The minimum atomic E-state index is -1.69. The Balaban J connectivity index is 1.80. The van der Waals surface area contributed by atoms with Gasteiger partial charge in [-0.2, -0.15) is 5.21 Å². The molecule has 3 amide bonds. The van der Waals surface area contributed by atoms with Crippen molar-refractivity contribution < 1.29 is 23.9 Å². The molecule has 1 aliphatic heterocycles. The number of nitrogens with one attached hydrogen (secondary N) is 2. The van der Waals surface area contributed by atoms with Crippen molar-refractivity contribution in [2.75, 3.05) is 13.7 Å². The van der Waals surface area contributed by atoms with E-state index in [0.717, 1.165) is 4.90 Å². The third kappa shape index (κ3) is 3.21. The molecule has 1 aromatic carbocycles. The maximum absolute atomic E-state index is 12.5. The van der Waals surface area contributed by atoms with Gasteiger partial charge in [0.25, 0.3) is 11.8 Å². The van der Waals surface area contributed by atoms with Crippen molar-refractivity contribution in [2.24, 2.45) is 0 Å². The Morgan fingerprint density at radius 2 is 1.86 bits per heavy atom. The highest BCUT2D eigenvalue weighted by molar-refractivity contribution is 6.21. The minimum Gasteiger partial charge on any atom is -0.467 e. The van der Waals surface area contributed by atoms with Crippen molar-refractivity contribution in [1.82, 2.24) is 30.8 Å². The number of nitrogens with zero attached hydrogens (tertiary/aromatic N) is 4. The molecule has 0 fully saturated rings. The molecule has 1 atom stereocenters. The molecule has 2 N–H and O–H groups in total. The summed E-state index contributed by atoms with van der Waals surface area (Å²) >= 11 is 0. The summed E-state index contributed by atoms with van der Waals surface area (Å²) in [6, 6.07) is 6.54. The van der Waals surface area contributed by atoms with Gasteiger partial charge in [0.2, 0.25) is 17.3 Å². The summed E-state index contributed by atoms with van der Waals surface area (Å²) in [5.41, 5.74) is -1.01. The van der Waals surface area contributed by atoms with Crippen molar-refractivity contribution in [1.29, 1.82) is 0 Å². The maximum Gasteiger partial charge on any atom is 0.339 e. The second-order valence-electron chi connectivity index (χ2n) is 6.22. The molecule has 0 spiro atoms. The van der Waals surface area contributed by atoms with E-state index < -0.39 is 29.2 Å². The zero-order chi connectivity index (χ0) is 20.3. The Morgan fingerprint density at radius 1 is 1.21 bits per heavy atom. The highest BCUT2D eigenvalue weighted by Gasteiger charge is 2.46. The van der Waals surface area contributed by atoms with Gasteiger partial charge in [0.1, 0.15) is 0 Å². The van der Waals surface area contributed by atoms with Crippen molar-refractivity contribution >= 4 is 23.7 Å². The van der Waals surface area contributed by atoms with Gasteiger partial charge >= 0.3 is 5.97 Å². The van der Waals surface area contributed by atoms with Gasteiger partial charge in [-0.25, -0.2) is 4.79 Å². The molecule has 2 aromatic rings. The predicted molar refractivity (Wildman–Crippen MR) is 92.7 cm³/mol. The second-order valence-corrected chi connectivity index (χ2v) is 6.22. The molecule has 1 aliphatic rings. The van der Waals surface area contributed by atoms with Crippen LogP contribution in [-0.2, 0) is 19.9 Å². The first-order chi connectivity index (χ1) is 13.4. The predicted octanol–water partition coefficient (Wildman–Crippen LogP) is -0.219. The van der Waals surface area contributed by atoms with E-state index in [1.54, 1.807) is 24.3 Å². The van der Waals surface area contributed by atoms with Gasteiger partial charge in [-0.05, 0) is 25.0 Å². The van der Waals surface area contributed by atoms with Crippen LogP contribution >= 0.6 is 0 Å². The maximum atomic E-state index is 12.5. The average Bonchev–Trinajstić information content (AvgIpc) is 3.30. The molecule has 0 saturated carbocycles. The van der Waals surface area contributed by atoms with E-state index in [9.17, 15) is 19.2 Å². The van der Waals surface area contributed by atoms with Gasteiger partial charge in [-0.15, -0.1) is 10.2 Å². The highest BCUT2D eigenvalue weighted by atomic mass is 16.5. The van der Waals surface area contributed by atoms with Gasteiger partial charge in [-0.1, -0.05) is 17.3 Å². The molecule has 11 heteroatoms. The van der Waals surface area contributed by atoms with Gasteiger partial charge in [-0.3, -0.25) is 19.3 Å². The molecule has 0 saturated heterocycles. The zero-order valence-electron chi connectivity index (χ0n) is 15.3. The van der Waals surface area contributed by atoms with Gasteiger partial charge in [0, 0.05) is 13.5 Å². The molecule has 0 bridgehead atoms. The molecular weight excluding hydrogens is 368 g/mol. The fourth-order valence-corrected chi connectivity index (χ4v) is 3.24. The number of methoxy groups -OCH3 is 1. The number of ether oxygens (including phenoxy) is 1. The number of amides is 3. The van der Waals surface area contributed by atoms with Gasteiger partial charge in [0.15, 0.2) is 0 Å². The number of rotatable bonds is 7. The summed E-state index contributed by atoms with van der Waals surface area (Å²) in [6.45, 7) is 1.28. The number of imide groups is 1. The molecule has 0 aliphatic carbocycles. The summed E-state index contributed by atoms with van der Waals surface area (Å²) in [7, 11) is 1.17. The molecule has 0 unspecified atom stereocenters. The average molecular weight is 386 g/mol. The Morgan fingerprint density at radius 3 is 2.36 bits per heavy atom. The molecular formula is C17H18N6O5. The quantitative estimate of drug-likeness (QED) is 0.490. The standard InChI is InChI=1S/C17H18N6O5/c1-10(24)18-17(16(27)28-2,15-19-21-22-20-15)8-5-9-23-13(25)11-6-3-4-7-12(11)14(23)26/h3-4,6-7H,5,8-9H2,1-2H3,(H,18,24)(H,19,20,21,22)/t17-/m1/s1. The number of H-pyrrole nitrogens is 1. The van der Waals surface area contributed by atoms with Crippen LogP contribution in [0.1, 0.15) is 46.3 Å². The van der Waals surface area contributed by atoms with Crippen molar-refractivity contribution in [2.45, 2.75) is 25.3 Å². The zero-order valence-corrected chi connectivity index (χ0v) is 15.3. The summed E-state index contributed by atoms with van der Waals surface area (Å²) in [6.07, 6.45) is 0.182. The number of benzene rings is 1. The van der Waals surface area contributed by atoms with E-state index in [1.807, 2.05) is 0 Å². The van der Waals surface area contributed by atoms with Crippen LogP contribution in [0, 0.1) is 0 Å². The Kier molecular flexibility index (Phi) is 5.16. The Labute approximate surface area is 159 Å². The topological polar surface area (TPSA) is 147 Å². The fraction of sp³-hybridized carbons (Fsp3) is 0.353. The molecule has 3 rings (SSSR count). The van der Waals surface area contributed by atoms with Crippen LogP contribution in [0.5, 0.6) is 0 Å². The molecule has 1 aromatic heterocycles. The lowest BCUT2D eigenvalue weighted by Gasteiger charge is -2.29. The lowest BCUT2D eigenvalue weighted by Crippen LogP contribution is -2.53. The highest BCUT2D eigenvalue weighted by Crippen LogP contribution is 2.27. The van der Waals surface area contributed by atoms with Gasteiger partial charge < -0.3 is 10.1 Å². The molecule has 11 nitrogen and oxygen atoms in total. The van der Waals surface area contributed by atoms with Crippen LogP contribution in [0.4, 0.5) is 0 Å². The third-order valence-electron chi connectivity index (χ3n) is 4.46. The Hall–Kier alpha value is -3.63. The van der Waals surface area contributed by atoms with E-state index in [4.69, 9.17) is 4.74 Å². The van der Waals surface area contributed by atoms with E-state index in [2.05, 4.69) is 25.9 Å². The van der Waals surface area contributed by atoms with Crippen LogP contribution in [0.3, 0.4) is 0 Å². The van der Waals surface area contributed by atoms with Crippen LogP contribution in [0.15, 0.2) is 24.3 Å². The normalized spacial score (nSPS) is 15.1. The molecule has 28 heavy (non-hydrogen) atoms. The lowest BCUT2D eigenvalue weighted by molar-refractivity contribution is -0.152. The monoisotopic (exact) mass is 386 g/mol. The number of hydrogen-bond donors (Lipinski definition) is 2. The first-order valence-corrected chi connectivity index (χ1v) is 8.47. The first kappa shape index (κ1) is 19.1. The van der Waals surface area contributed by atoms with Crippen LogP contribution in [0.25, 0.3) is 0 Å². The van der Waals surface area contributed by atoms with E-state index in [1.165, 1.54) is 14.0 Å². The molecule has 2 heterocycles. The van der Waals surface area contributed by atoms with E-state index in [0.29, 0.717) is 11.1 Å². The summed E-state index contributed by atoms with van der Waals surface area (Å²) in [4.78, 5) is 50.3. The van der Waals surface area contributed by atoms with Crippen molar-refractivity contribution in [3.05, 3.63) is 41.2 Å². The van der Waals surface area contributed by atoms with E-state index in [-0.39, 0.29) is 25.2 Å². The van der Waals surface area contributed by atoms with Gasteiger partial charge in [0.05, 0.1) is 18.2 Å². The SMILES string of the molecule is COC(=O)[C@](CCCN1C(=O)c2ccccc2C1=O)(NC(C)=O)c1nn[nH]n1. The van der Waals surface area contributed by atoms with Crippen molar-refractivity contribution in [3.63, 3.8) is 0 Å². The fourth-order valence-electron chi connectivity index (χ4n) is 3.24. The number of carbonyl (C=O) groups excluding carboxylic acids is 4. The van der Waals surface area contributed by atoms with Crippen LogP contribution in [-0.4, -0.2) is 62.9 Å².